The summed E-state index contributed by atoms with van der Waals surface area (Å²) in [6, 6.07) is 11.3. The van der Waals surface area contributed by atoms with Crippen LogP contribution >= 0.6 is 11.6 Å². The van der Waals surface area contributed by atoms with Crippen LogP contribution in [0.4, 0.5) is 5.69 Å². The number of aryl methyl sites for hydroxylation is 1. The number of aromatic amines is 1. The van der Waals surface area contributed by atoms with Crippen molar-refractivity contribution in [2.24, 2.45) is 5.73 Å². The van der Waals surface area contributed by atoms with E-state index in [2.05, 4.69) is 15.5 Å². The fourth-order valence-corrected chi connectivity index (χ4v) is 2.85. The highest BCUT2D eigenvalue weighted by Gasteiger charge is 2.13. The van der Waals surface area contributed by atoms with Gasteiger partial charge in [0, 0.05) is 16.1 Å². The number of nitrogens with one attached hydrogen (secondary N) is 2. The molecule has 1 heterocycles. The van der Waals surface area contributed by atoms with Crippen molar-refractivity contribution in [2.45, 2.75) is 19.3 Å². The van der Waals surface area contributed by atoms with Crippen LogP contribution in [0.2, 0.25) is 5.02 Å². The first-order valence-electron chi connectivity index (χ1n) is 7.90. The van der Waals surface area contributed by atoms with Gasteiger partial charge in [-0.05, 0) is 55.6 Å². The van der Waals surface area contributed by atoms with Gasteiger partial charge in [-0.3, -0.25) is 9.89 Å². The van der Waals surface area contributed by atoms with Crippen molar-refractivity contribution in [3.8, 4) is 0 Å². The van der Waals surface area contributed by atoms with Gasteiger partial charge in [-0.2, -0.15) is 5.10 Å². The van der Waals surface area contributed by atoms with Crippen molar-refractivity contribution < 1.29 is 4.79 Å². The summed E-state index contributed by atoms with van der Waals surface area (Å²) in [5.41, 5.74) is 8.73. The lowest BCUT2D eigenvalue weighted by Crippen LogP contribution is -2.12. The van der Waals surface area contributed by atoms with Gasteiger partial charge in [0.15, 0.2) is 0 Å². The first kappa shape index (κ1) is 16.5. The summed E-state index contributed by atoms with van der Waals surface area (Å²) in [5, 5.41) is 10.9. The average molecular weight is 343 g/mol. The molecule has 0 saturated heterocycles. The highest BCUT2D eigenvalue weighted by molar-refractivity contribution is 6.32. The molecule has 124 valence electrons. The molecule has 0 radical (unpaired) electrons. The van der Waals surface area contributed by atoms with Crippen molar-refractivity contribution in [1.29, 1.82) is 0 Å². The minimum Gasteiger partial charge on any atom is -0.330 e. The van der Waals surface area contributed by atoms with Crippen LogP contribution in [0.15, 0.2) is 42.6 Å². The van der Waals surface area contributed by atoms with Gasteiger partial charge >= 0.3 is 0 Å². The minimum absolute atomic E-state index is 0.209. The zero-order valence-electron chi connectivity index (χ0n) is 13.2. The van der Waals surface area contributed by atoms with E-state index >= 15 is 0 Å². The zero-order valence-corrected chi connectivity index (χ0v) is 13.9. The number of hydrogen-bond acceptors (Lipinski definition) is 3. The summed E-state index contributed by atoms with van der Waals surface area (Å²) in [5.74, 6) is -0.209. The first-order valence-corrected chi connectivity index (χ1v) is 8.28. The Bertz CT molecular complexity index is 842. The van der Waals surface area contributed by atoms with E-state index in [4.69, 9.17) is 17.3 Å². The van der Waals surface area contributed by atoms with Crippen LogP contribution in [0.3, 0.4) is 0 Å². The number of anilines is 1. The van der Waals surface area contributed by atoms with Crippen LogP contribution in [0.5, 0.6) is 0 Å². The van der Waals surface area contributed by atoms with Crippen LogP contribution in [-0.4, -0.2) is 22.6 Å². The summed E-state index contributed by atoms with van der Waals surface area (Å²) in [7, 11) is 0. The molecule has 24 heavy (non-hydrogen) atoms. The predicted octanol–water partition coefficient (Wildman–Crippen LogP) is 3.75. The predicted molar refractivity (Wildman–Crippen MR) is 97.5 cm³/mol. The number of aromatic nitrogens is 2. The SMILES string of the molecule is NCCCCc1ccc(NC(=O)c2cc(Cl)cc3[nH]ncc23)cc1. The van der Waals surface area contributed by atoms with Crippen LogP contribution in [0.25, 0.3) is 10.9 Å². The molecular weight excluding hydrogens is 324 g/mol. The third-order valence-corrected chi connectivity index (χ3v) is 4.12. The molecule has 1 aromatic heterocycles. The molecule has 2 aromatic carbocycles. The average Bonchev–Trinajstić information content (AvgIpc) is 3.04. The summed E-state index contributed by atoms with van der Waals surface area (Å²) < 4.78 is 0. The number of rotatable bonds is 6. The monoisotopic (exact) mass is 342 g/mol. The van der Waals surface area contributed by atoms with Crippen molar-refractivity contribution in [3.63, 3.8) is 0 Å². The van der Waals surface area contributed by atoms with Crippen LogP contribution in [-0.2, 0) is 6.42 Å². The molecule has 0 fully saturated rings. The Hall–Kier alpha value is -2.37. The molecule has 0 unspecified atom stereocenters. The summed E-state index contributed by atoms with van der Waals surface area (Å²) >= 11 is 6.07. The Labute approximate surface area is 145 Å². The van der Waals surface area contributed by atoms with Crippen LogP contribution in [0.1, 0.15) is 28.8 Å². The molecule has 5 nitrogen and oxygen atoms in total. The summed E-state index contributed by atoms with van der Waals surface area (Å²) in [4.78, 5) is 12.5. The van der Waals surface area contributed by atoms with Crippen LogP contribution in [0, 0.1) is 0 Å². The Balaban J connectivity index is 1.73. The number of halogens is 1. The topological polar surface area (TPSA) is 83.8 Å². The van der Waals surface area contributed by atoms with Gasteiger partial charge in [-0.15, -0.1) is 0 Å². The number of hydrogen-bond donors (Lipinski definition) is 3. The van der Waals surface area contributed by atoms with E-state index in [1.807, 2.05) is 24.3 Å². The molecule has 3 rings (SSSR count). The highest BCUT2D eigenvalue weighted by Crippen LogP contribution is 2.23. The number of nitrogens with two attached hydrogens (primary N) is 1. The molecule has 4 N–H and O–H groups in total. The molecule has 0 aliphatic carbocycles. The summed E-state index contributed by atoms with van der Waals surface area (Å²) in [6.45, 7) is 0.719. The van der Waals surface area contributed by atoms with Crippen molar-refractivity contribution >= 4 is 34.1 Å². The molecule has 0 atom stereocenters. The van der Waals surface area contributed by atoms with E-state index in [0.717, 1.165) is 42.4 Å². The number of amides is 1. The smallest absolute Gasteiger partial charge is 0.256 e. The van der Waals surface area contributed by atoms with Crippen molar-refractivity contribution in [1.82, 2.24) is 10.2 Å². The maximum absolute atomic E-state index is 12.5. The lowest BCUT2D eigenvalue weighted by Gasteiger charge is -2.08. The third-order valence-electron chi connectivity index (χ3n) is 3.90. The highest BCUT2D eigenvalue weighted by atomic mass is 35.5. The molecular formula is C18H19ClN4O. The van der Waals surface area contributed by atoms with Gasteiger partial charge in [0.05, 0.1) is 17.3 Å². The third kappa shape index (κ3) is 3.75. The number of carbonyl (C=O) groups is 1. The maximum Gasteiger partial charge on any atom is 0.256 e. The van der Waals surface area contributed by atoms with Gasteiger partial charge in [0.1, 0.15) is 0 Å². The minimum atomic E-state index is -0.209. The molecule has 0 saturated carbocycles. The van der Waals surface area contributed by atoms with Crippen molar-refractivity contribution in [3.05, 3.63) is 58.7 Å². The number of carbonyl (C=O) groups excluding carboxylic acids is 1. The van der Waals surface area contributed by atoms with Gasteiger partial charge in [0.2, 0.25) is 0 Å². The number of benzene rings is 2. The first-order chi connectivity index (χ1) is 11.7. The van der Waals surface area contributed by atoms with Gasteiger partial charge < -0.3 is 11.1 Å². The van der Waals surface area contributed by atoms with E-state index in [1.54, 1.807) is 18.3 Å². The number of H-pyrrole nitrogens is 1. The molecule has 6 heteroatoms. The largest absolute Gasteiger partial charge is 0.330 e. The van der Waals surface area contributed by atoms with Crippen molar-refractivity contribution in [2.75, 3.05) is 11.9 Å². The number of nitrogens with zero attached hydrogens (tertiary/aromatic N) is 1. The quantitative estimate of drug-likeness (QED) is 0.596. The van der Waals surface area contributed by atoms with E-state index in [0.29, 0.717) is 10.6 Å². The van der Waals surface area contributed by atoms with Gasteiger partial charge in [0.25, 0.3) is 5.91 Å². The van der Waals surface area contributed by atoms with E-state index in [9.17, 15) is 4.79 Å². The molecule has 1 amide bonds. The Morgan fingerprint density at radius 2 is 2.00 bits per heavy atom. The second kappa shape index (κ2) is 7.47. The second-order valence-electron chi connectivity index (χ2n) is 5.68. The molecule has 0 aliphatic rings. The fraction of sp³-hybridized carbons (Fsp3) is 0.222. The second-order valence-corrected chi connectivity index (χ2v) is 6.12. The zero-order chi connectivity index (χ0) is 16.9. The van der Waals surface area contributed by atoms with E-state index < -0.39 is 0 Å². The van der Waals surface area contributed by atoms with E-state index in [-0.39, 0.29) is 5.91 Å². The normalized spacial score (nSPS) is 10.9. The lowest BCUT2D eigenvalue weighted by molar-refractivity contribution is 0.102. The Morgan fingerprint density at radius 3 is 2.75 bits per heavy atom. The van der Waals surface area contributed by atoms with Crippen LogP contribution < -0.4 is 11.1 Å². The van der Waals surface area contributed by atoms with E-state index in [1.165, 1.54) is 5.56 Å². The Kier molecular flexibility index (Phi) is 5.13. The summed E-state index contributed by atoms with van der Waals surface area (Å²) in [6.07, 6.45) is 4.72. The lowest BCUT2D eigenvalue weighted by atomic mass is 10.1. The Morgan fingerprint density at radius 1 is 1.21 bits per heavy atom. The molecule has 3 aromatic rings. The van der Waals surface area contributed by atoms with Gasteiger partial charge in [-0.25, -0.2) is 0 Å². The molecule has 0 spiro atoms. The van der Waals surface area contributed by atoms with Gasteiger partial charge in [-0.1, -0.05) is 23.7 Å². The maximum atomic E-state index is 12.5. The number of fused-ring (bicyclic) bond motifs is 1. The standard InChI is InChI=1S/C18H19ClN4O/c19-13-9-15(16-11-21-23-17(16)10-13)18(24)22-14-6-4-12(5-7-14)3-1-2-8-20/h4-7,9-11H,1-3,8,20H2,(H,21,23)(H,22,24). The molecule has 0 bridgehead atoms. The fourth-order valence-electron chi connectivity index (χ4n) is 2.63. The number of unbranched alkanes of at least 4 members (excludes halogenated alkanes) is 1. The molecule has 0 aliphatic heterocycles.